The number of aromatic nitrogens is 2. The van der Waals surface area contributed by atoms with Gasteiger partial charge in [0.2, 0.25) is 5.95 Å². The minimum absolute atomic E-state index is 0.133. The second-order valence-electron chi connectivity index (χ2n) is 7.37. The second kappa shape index (κ2) is 5.84. The maximum absolute atomic E-state index is 9.57. The molecule has 4 heteroatoms. The van der Waals surface area contributed by atoms with Gasteiger partial charge in [0, 0.05) is 17.6 Å². The Morgan fingerprint density at radius 2 is 1.86 bits per heavy atom. The summed E-state index contributed by atoms with van der Waals surface area (Å²) < 4.78 is 0. The third-order valence-electron chi connectivity index (χ3n) is 4.48. The van der Waals surface area contributed by atoms with Crippen molar-refractivity contribution >= 4 is 16.9 Å². The van der Waals surface area contributed by atoms with Crippen molar-refractivity contribution in [3.63, 3.8) is 0 Å². The first-order chi connectivity index (χ1) is 10.4. The fourth-order valence-corrected chi connectivity index (χ4v) is 2.97. The molecule has 0 saturated heterocycles. The molecule has 0 atom stereocenters. The Bertz CT molecular complexity index is 655. The molecule has 1 aromatic carbocycles. The van der Waals surface area contributed by atoms with Gasteiger partial charge in [-0.2, -0.15) is 0 Å². The zero-order valence-electron chi connectivity index (χ0n) is 13.6. The second-order valence-corrected chi connectivity index (χ2v) is 7.37. The van der Waals surface area contributed by atoms with E-state index in [-0.39, 0.29) is 11.5 Å². The number of hydrogen-bond donors (Lipinski definition) is 2. The van der Waals surface area contributed by atoms with Gasteiger partial charge in [0.1, 0.15) is 0 Å². The Kier molecular flexibility index (Phi) is 4.04. The topological polar surface area (TPSA) is 58.0 Å². The maximum Gasteiger partial charge on any atom is 0.223 e. The van der Waals surface area contributed by atoms with Crippen LogP contribution in [0.1, 0.15) is 52.0 Å². The predicted molar refractivity (Wildman–Crippen MR) is 90.1 cm³/mol. The fraction of sp³-hybridized carbons (Fsp3) is 0.556. The van der Waals surface area contributed by atoms with E-state index in [2.05, 4.69) is 54.3 Å². The van der Waals surface area contributed by atoms with E-state index in [0.717, 1.165) is 36.6 Å². The molecular formula is C18H25N3O. The summed E-state index contributed by atoms with van der Waals surface area (Å²) in [4.78, 5) is 9.09. The summed E-state index contributed by atoms with van der Waals surface area (Å²) in [6.45, 7) is 6.63. The van der Waals surface area contributed by atoms with Gasteiger partial charge in [-0.25, -0.2) is 9.97 Å². The minimum atomic E-state index is -0.133. The average Bonchev–Trinajstić information content (AvgIpc) is 2.48. The predicted octanol–water partition coefficient (Wildman–Crippen LogP) is 3.64. The largest absolute Gasteiger partial charge is 0.393 e. The molecule has 118 valence electrons. The van der Waals surface area contributed by atoms with E-state index in [1.807, 2.05) is 6.20 Å². The fourth-order valence-electron chi connectivity index (χ4n) is 2.97. The van der Waals surface area contributed by atoms with Crippen LogP contribution in [0, 0.1) is 0 Å². The standard InChI is InChI=1S/C18H25N3O/c1-18(2,3)13-4-9-16-12(10-13)11-19-17(21-16)20-14-5-7-15(22)8-6-14/h4,9-11,14-15,22H,5-8H2,1-3H3,(H,19,20,21). The van der Waals surface area contributed by atoms with Crippen molar-refractivity contribution in [2.75, 3.05) is 5.32 Å². The van der Waals surface area contributed by atoms with Crippen molar-refractivity contribution in [1.82, 2.24) is 9.97 Å². The van der Waals surface area contributed by atoms with E-state index in [9.17, 15) is 5.11 Å². The normalized spacial score (nSPS) is 22.7. The van der Waals surface area contributed by atoms with Gasteiger partial charge in [-0.15, -0.1) is 0 Å². The van der Waals surface area contributed by atoms with Crippen LogP contribution in [-0.4, -0.2) is 27.2 Å². The van der Waals surface area contributed by atoms with Crippen LogP contribution in [0.5, 0.6) is 0 Å². The molecule has 1 aromatic heterocycles. The van der Waals surface area contributed by atoms with E-state index in [1.165, 1.54) is 5.56 Å². The number of benzene rings is 1. The van der Waals surface area contributed by atoms with Gasteiger partial charge < -0.3 is 10.4 Å². The molecule has 1 saturated carbocycles. The van der Waals surface area contributed by atoms with Crippen LogP contribution >= 0.6 is 0 Å². The van der Waals surface area contributed by atoms with Crippen molar-refractivity contribution in [2.45, 2.75) is 64.0 Å². The van der Waals surface area contributed by atoms with Gasteiger partial charge in [-0.1, -0.05) is 26.8 Å². The van der Waals surface area contributed by atoms with E-state index in [4.69, 9.17) is 0 Å². The third-order valence-corrected chi connectivity index (χ3v) is 4.48. The number of rotatable bonds is 2. The Hall–Kier alpha value is -1.68. The number of nitrogens with zero attached hydrogens (tertiary/aromatic N) is 2. The number of hydrogen-bond acceptors (Lipinski definition) is 4. The number of aliphatic hydroxyl groups excluding tert-OH is 1. The molecule has 0 spiro atoms. The smallest absolute Gasteiger partial charge is 0.223 e. The quantitative estimate of drug-likeness (QED) is 0.889. The monoisotopic (exact) mass is 299 g/mol. The van der Waals surface area contributed by atoms with Crippen LogP contribution < -0.4 is 5.32 Å². The zero-order valence-corrected chi connectivity index (χ0v) is 13.6. The number of anilines is 1. The number of nitrogens with one attached hydrogen (secondary N) is 1. The van der Waals surface area contributed by atoms with Gasteiger partial charge >= 0.3 is 0 Å². The Morgan fingerprint density at radius 3 is 2.55 bits per heavy atom. The molecular weight excluding hydrogens is 274 g/mol. The highest BCUT2D eigenvalue weighted by Crippen LogP contribution is 2.26. The Morgan fingerprint density at radius 1 is 1.14 bits per heavy atom. The first kappa shape index (κ1) is 15.2. The Labute approximate surface area is 132 Å². The summed E-state index contributed by atoms with van der Waals surface area (Å²) >= 11 is 0. The SMILES string of the molecule is CC(C)(C)c1ccc2nc(NC3CCC(O)CC3)ncc2c1. The third kappa shape index (κ3) is 3.38. The van der Waals surface area contributed by atoms with E-state index in [1.54, 1.807) is 0 Å². The van der Waals surface area contributed by atoms with Crippen LogP contribution in [0.15, 0.2) is 24.4 Å². The molecule has 2 aromatic rings. The molecule has 1 aliphatic rings. The van der Waals surface area contributed by atoms with Gasteiger partial charge in [0.15, 0.2) is 0 Å². The molecule has 1 heterocycles. The van der Waals surface area contributed by atoms with Gasteiger partial charge in [-0.3, -0.25) is 0 Å². The zero-order chi connectivity index (χ0) is 15.7. The molecule has 2 N–H and O–H groups in total. The Balaban J connectivity index is 1.78. The van der Waals surface area contributed by atoms with Crippen molar-refractivity contribution in [3.8, 4) is 0 Å². The van der Waals surface area contributed by atoms with Crippen LogP contribution in [0.25, 0.3) is 10.9 Å². The summed E-state index contributed by atoms with van der Waals surface area (Å²) in [6, 6.07) is 6.77. The summed E-state index contributed by atoms with van der Waals surface area (Å²) in [5.74, 6) is 0.692. The summed E-state index contributed by atoms with van der Waals surface area (Å²) in [5, 5.41) is 14.1. The van der Waals surface area contributed by atoms with Crippen molar-refractivity contribution < 1.29 is 5.11 Å². The lowest BCUT2D eigenvalue weighted by Gasteiger charge is -2.26. The van der Waals surface area contributed by atoms with Crippen molar-refractivity contribution in [3.05, 3.63) is 30.0 Å². The highest BCUT2D eigenvalue weighted by molar-refractivity contribution is 5.79. The average molecular weight is 299 g/mol. The maximum atomic E-state index is 9.57. The minimum Gasteiger partial charge on any atom is -0.393 e. The van der Waals surface area contributed by atoms with Gasteiger partial charge in [-0.05, 0) is 48.8 Å². The highest BCUT2D eigenvalue weighted by atomic mass is 16.3. The molecule has 0 radical (unpaired) electrons. The van der Waals surface area contributed by atoms with Crippen LogP contribution in [0.2, 0.25) is 0 Å². The number of aliphatic hydroxyl groups is 1. The molecule has 0 unspecified atom stereocenters. The molecule has 1 fully saturated rings. The molecule has 4 nitrogen and oxygen atoms in total. The van der Waals surface area contributed by atoms with Crippen molar-refractivity contribution in [1.29, 1.82) is 0 Å². The molecule has 0 bridgehead atoms. The summed E-state index contributed by atoms with van der Waals surface area (Å²) in [7, 11) is 0. The van der Waals surface area contributed by atoms with Crippen LogP contribution in [0.4, 0.5) is 5.95 Å². The van der Waals surface area contributed by atoms with Crippen LogP contribution in [0.3, 0.4) is 0 Å². The first-order valence-corrected chi connectivity index (χ1v) is 8.14. The molecule has 1 aliphatic carbocycles. The van der Waals surface area contributed by atoms with Gasteiger partial charge in [0.05, 0.1) is 11.6 Å². The lowest BCUT2D eigenvalue weighted by Crippen LogP contribution is -2.28. The van der Waals surface area contributed by atoms with Gasteiger partial charge in [0.25, 0.3) is 0 Å². The van der Waals surface area contributed by atoms with Crippen molar-refractivity contribution in [2.24, 2.45) is 0 Å². The van der Waals surface area contributed by atoms with Crippen LogP contribution in [-0.2, 0) is 5.41 Å². The lowest BCUT2D eigenvalue weighted by atomic mass is 9.86. The highest BCUT2D eigenvalue weighted by Gasteiger charge is 2.20. The summed E-state index contributed by atoms with van der Waals surface area (Å²) in [6.07, 6.45) is 5.45. The molecule has 22 heavy (non-hydrogen) atoms. The first-order valence-electron chi connectivity index (χ1n) is 8.14. The molecule has 3 rings (SSSR count). The molecule has 0 amide bonds. The molecule has 0 aliphatic heterocycles. The van der Waals surface area contributed by atoms with E-state index < -0.39 is 0 Å². The summed E-state index contributed by atoms with van der Waals surface area (Å²) in [5.41, 5.74) is 2.40. The van der Waals surface area contributed by atoms with E-state index in [0.29, 0.717) is 12.0 Å². The lowest BCUT2D eigenvalue weighted by molar-refractivity contribution is 0.126. The number of fused-ring (bicyclic) bond motifs is 1. The van der Waals surface area contributed by atoms with E-state index >= 15 is 0 Å².